The van der Waals surface area contributed by atoms with E-state index in [-0.39, 0.29) is 4.70 Å². The van der Waals surface area contributed by atoms with Gasteiger partial charge in [-0.1, -0.05) is 0 Å². The molecule has 0 rings (SSSR count). The zero-order chi connectivity index (χ0) is 3.58. The third-order valence-electron chi connectivity index (χ3n) is 0. The molecule has 0 aromatic heterocycles. The molecule has 5 heteroatoms. The topological polar surface area (TPSA) is 0 Å². The normalized spacial score (nSPS) is 5.40. The Morgan fingerprint density at radius 3 is 1.00 bits per heavy atom. The lowest BCUT2D eigenvalue weighted by Gasteiger charge is -1.55. The quantitative estimate of drug-likeness (QED) is 0.306. The molecule has 0 fully saturated rings. The summed E-state index contributed by atoms with van der Waals surface area (Å²) in [6.45, 7) is 0. The van der Waals surface area contributed by atoms with E-state index in [9.17, 15) is 12.9 Å². The summed E-state index contributed by atoms with van der Waals surface area (Å²) >= 11 is 0. The molecule has 32 valence electrons. The maximum atomic E-state index is 9.67. The SMILES string of the molecule is F.FB(F)F. The van der Waals surface area contributed by atoms with Crippen LogP contribution in [0.25, 0.3) is 0 Å². The standard InChI is InChI=1S/BF3.FH/c2-1(3)4;/h;1H. The van der Waals surface area contributed by atoms with Crippen LogP contribution in [-0.2, 0) is 0 Å². The zero-order valence-corrected chi connectivity index (χ0v) is 2.12. The third kappa shape index (κ3) is 261. The molecule has 0 amide bonds. The molecular weight excluding hydrogens is 86.8 g/mol. The largest absolute Gasteiger partial charge is 0.762 e. The molecule has 0 aliphatic heterocycles. The van der Waals surface area contributed by atoms with Gasteiger partial charge in [0.1, 0.15) is 0 Å². The van der Waals surface area contributed by atoms with Crippen LogP contribution in [0.15, 0.2) is 0 Å². The van der Waals surface area contributed by atoms with Gasteiger partial charge in [0, 0.05) is 0 Å². The van der Waals surface area contributed by atoms with Crippen molar-refractivity contribution in [1.29, 1.82) is 0 Å². The predicted molar refractivity (Wildman–Crippen MR) is 11.6 cm³/mol. The summed E-state index contributed by atoms with van der Waals surface area (Å²) in [7, 11) is -3.67. The first kappa shape index (κ1) is 8.84. The van der Waals surface area contributed by atoms with Gasteiger partial charge >= 0.3 is 7.54 Å². The van der Waals surface area contributed by atoms with Gasteiger partial charge in [-0.2, -0.15) is 0 Å². The molecule has 0 bridgehead atoms. The van der Waals surface area contributed by atoms with Crippen LogP contribution in [0.3, 0.4) is 0 Å². The van der Waals surface area contributed by atoms with E-state index in [4.69, 9.17) is 0 Å². The van der Waals surface area contributed by atoms with Crippen molar-refractivity contribution in [1.82, 2.24) is 0 Å². The van der Waals surface area contributed by atoms with Gasteiger partial charge in [0.2, 0.25) is 0 Å². The summed E-state index contributed by atoms with van der Waals surface area (Å²) in [5.41, 5.74) is 0. The van der Waals surface area contributed by atoms with Crippen molar-refractivity contribution in [2.75, 3.05) is 0 Å². The second-order valence-electron chi connectivity index (χ2n) is 0.247. The molecule has 0 atom stereocenters. The smallest absolute Gasteiger partial charge is 0.269 e. The van der Waals surface area contributed by atoms with E-state index < -0.39 is 7.54 Å². The Bertz CT molecular complexity index is 8.36. The van der Waals surface area contributed by atoms with Gasteiger partial charge < -0.3 is 0 Å². The fourth-order valence-corrected chi connectivity index (χ4v) is 0. The summed E-state index contributed by atoms with van der Waals surface area (Å²) in [4.78, 5) is 0. The molecule has 0 saturated heterocycles. The number of hydrogen-bond donors (Lipinski definition) is 0. The second kappa shape index (κ2) is 3.78. The Labute approximate surface area is 26.6 Å². The Morgan fingerprint density at radius 2 is 1.00 bits per heavy atom. The van der Waals surface area contributed by atoms with Crippen LogP contribution in [0.1, 0.15) is 0 Å². The van der Waals surface area contributed by atoms with Crippen molar-refractivity contribution in [3.8, 4) is 0 Å². The van der Waals surface area contributed by atoms with E-state index >= 15 is 0 Å². The maximum Gasteiger partial charge on any atom is 0.762 e. The van der Waals surface area contributed by atoms with Crippen LogP contribution in [0.5, 0.6) is 0 Å². The Hall–Kier alpha value is -0.215. The molecule has 0 aliphatic carbocycles. The van der Waals surface area contributed by atoms with Crippen LogP contribution in [0.2, 0.25) is 0 Å². The predicted octanol–water partition coefficient (Wildman–Crippen LogP) is 1.03. The Balaban J connectivity index is 0. The maximum absolute atomic E-state index is 9.67. The lowest BCUT2D eigenvalue weighted by molar-refractivity contribution is 0.535. The van der Waals surface area contributed by atoms with Crippen LogP contribution >= 0.6 is 0 Å². The fourth-order valence-electron chi connectivity index (χ4n) is 0. The van der Waals surface area contributed by atoms with Crippen molar-refractivity contribution in [2.24, 2.45) is 0 Å². The lowest BCUT2D eigenvalue weighted by Crippen LogP contribution is -1.76. The first-order chi connectivity index (χ1) is 1.73. The molecule has 0 aliphatic rings. The van der Waals surface area contributed by atoms with Crippen LogP contribution < -0.4 is 0 Å². The van der Waals surface area contributed by atoms with E-state index in [1.165, 1.54) is 0 Å². The minimum Gasteiger partial charge on any atom is -0.269 e. The number of hydrogen-bond acceptors (Lipinski definition) is 0. The highest BCUT2D eigenvalue weighted by Crippen LogP contribution is 1.80. The van der Waals surface area contributed by atoms with Gasteiger partial charge in [0.05, 0.1) is 0 Å². The van der Waals surface area contributed by atoms with Crippen LogP contribution in [0.4, 0.5) is 17.7 Å². The summed E-state index contributed by atoms with van der Waals surface area (Å²) in [6, 6.07) is 0. The van der Waals surface area contributed by atoms with E-state index in [0.29, 0.717) is 0 Å². The molecule has 0 aromatic carbocycles. The molecule has 5 heavy (non-hydrogen) atoms. The van der Waals surface area contributed by atoms with Gasteiger partial charge in [-0.25, -0.2) is 0 Å². The highest BCUT2D eigenvalue weighted by atomic mass is 19.4. The summed E-state index contributed by atoms with van der Waals surface area (Å²) in [5, 5.41) is 0. The molecular formula is HBF4. The molecule has 0 nitrogen and oxygen atoms in total. The highest BCUT2D eigenvalue weighted by molar-refractivity contribution is 6.33. The lowest BCUT2D eigenvalue weighted by atomic mass is 10.5. The molecule has 0 N–H and O–H groups in total. The minimum absolute atomic E-state index is 0. The van der Waals surface area contributed by atoms with Crippen LogP contribution in [-0.4, -0.2) is 7.54 Å². The van der Waals surface area contributed by atoms with Crippen LogP contribution in [0, 0.1) is 0 Å². The minimum atomic E-state index is -3.67. The Morgan fingerprint density at radius 1 is 1.00 bits per heavy atom. The molecule has 0 aromatic rings. The molecule has 0 spiro atoms. The van der Waals surface area contributed by atoms with Gasteiger partial charge in [-0.3, -0.25) is 17.7 Å². The monoisotopic (exact) mass is 88.0 g/mol. The van der Waals surface area contributed by atoms with Gasteiger partial charge in [0.25, 0.3) is 0 Å². The number of halogens is 4. The first-order valence-corrected chi connectivity index (χ1v) is 0.655. The third-order valence-corrected chi connectivity index (χ3v) is 0. The van der Waals surface area contributed by atoms with E-state index in [1.807, 2.05) is 0 Å². The van der Waals surface area contributed by atoms with Crippen molar-refractivity contribution in [3.63, 3.8) is 0 Å². The van der Waals surface area contributed by atoms with Gasteiger partial charge in [-0.05, 0) is 0 Å². The van der Waals surface area contributed by atoms with Crippen molar-refractivity contribution >= 4 is 7.54 Å². The Kier molecular flexibility index (Phi) is 6.69. The second-order valence-corrected chi connectivity index (χ2v) is 0.247. The summed E-state index contributed by atoms with van der Waals surface area (Å²) in [6.07, 6.45) is 0. The van der Waals surface area contributed by atoms with Crippen molar-refractivity contribution < 1.29 is 17.7 Å². The van der Waals surface area contributed by atoms with Gasteiger partial charge in [-0.15, -0.1) is 0 Å². The summed E-state index contributed by atoms with van der Waals surface area (Å²) in [5.74, 6) is 0. The van der Waals surface area contributed by atoms with E-state index in [2.05, 4.69) is 0 Å². The molecule has 0 radical (unpaired) electrons. The van der Waals surface area contributed by atoms with Gasteiger partial charge in [0.15, 0.2) is 0 Å². The van der Waals surface area contributed by atoms with Crippen molar-refractivity contribution in [3.05, 3.63) is 0 Å². The average molecular weight is 87.8 g/mol. The fraction of sp³-hybridized carbons (Fsp3) is 0. The summed E-state index contributed by atoms with van der Waals surface area (Å²) < 4.78 is 29.0. The van der Waals surface area contributed by atoms with E-state index in [1.54, 1.807) is 0 Å². The highest BCUT2D eigenvalue weighted by Gasteiger charge is 2.06. The average Bonchev–Trinajstić information content (AvgIpc) is 0.811. The number of rotatable bonds is 0. The molecule has 0 saturated carbocycles. The van der Waals surface area contributed by atoms with E-state index in [0.717, 1.165) is 0 Å². The van der Waals surface area contributed by atoms with Crippen molar-refractivity contribution in [2.45, 2.75) is 0 Å². The zero-order valence-electron chi connectivity index (χ0n) is 2.12. The first-order valence-electron chi connectivity index (χ1n) is 0.655. The molecule has 0 unspecified atom stereocenters. The molecule has 0 heterocycles.